The Morgan fingerprint density at radius 3 is 2.88 bits per heavy atom. The molecule has 2 N–H and O–H groups in total. The molecule has 1 aromatic heterocycles. The van der Waals surface area contributed by atoms with E-state index in [1.54, 1.807) is 13.8 Å². The van der Waals surface area contributed by atoms with E-state index in [0.717, 1.165) is 6.26 Å². The van der Waals surface area contributed by atoms with Crippen molar-refractivity contribution in [2.75, 3.05) is 25.2 Å². The van der Waals surface area contributed by atoms with Crippen LogP contribution in [0.1, 0.15) is 30.2 Å². The standard InChI is InChI=1S/C21H24FN3O6S/c1-21(2)20-24-16(17(26)19(28)25(20)8-9-31-21)18(27)23-12-14-6-7-15(22)11-13(14)5-4-10-32(3,29)30/h6-7,11,13-14,26H,8-10,12H2,1-3H3,(H,23,27). The third-order valence-corrected chi connectivity index (χ3v) is 5.75. The van der Waals surface area contributed by atoms with Crippen molar-refractivity contribution in [3.8, 4) is 17.6 Å². The number of aromatic hydroxyl groups is 1. The van der Waals surface area contributed by atoms with Crippen LogP contribution in [0.15, 0.2) is 28.8 Å². The van der Waals surface area contributed by atoms with E-state index in [2.05, 4.69) is 22.1 Å². The van der Waals surface area contributed by atoms with Gasteiger partial charge in [0.25, 0.3) is 11.5 Å². The van der Waals surface area contributed by atoms with Crippen molar-refractivity contribution < 1.29 is 27.4 Å². The fraction of sp³-hybridized carbons (Fsp3) is 0.476. The second-order valence-electron chi connectivity index (χ2n) is 8.15. The van der Waals surface area contributed by atoms with Crippen LogP contribution in [0.25, 0.3) is 0 Å². The number of hydrogen-bond acceptors (Lipinski definition) is 7. The average Bonchev–Trinajstić information content (AvgIpc) is 2.69. The van der Waals surface area contributed by atoms with Crippen molar-refractivity contribution in [1.82, 2.24) is 14.9 Å². The van der Waals surface area contributed by atoms with Gasteiger partial charge in [-0.1, -0.05) is 17.9 Å². The molecule has 0 saturated carbocycles. The van der Waals surface area contributed by atoms with Crippen molar-refractivity contribution >= 4 is 15.7 Å². The van der Waals surface area contributed by atoms with Gasteiger partial charge in [0.05, 0.1) is 13.2 Å². The van der Waals surface area contributed by atoms with Crippen LogP contribution < -0.4 is 10.9 Å². The average molecular weight is 466 g/mol. The summed E-state index contributed by atoms with van der Waals surface area (Å²) < 4.78 is 43.1. The Bertz CT molecular complexity index is 1220. The Morgan fingerprint density at radius 1 is 1.47 bits per heavy atom. The first kappa shape index (κ1) is 23.7. The maximum absolute atomic E-state index is 13.7. The third kappa shape index (κ3) is 5.26. The molecule has 0 radical (unpaired) electrons. The molecule has 0 saturated heterocycles. The van der Waals surface area contributed by atoms with E-state index in [1.165, 1.54) is 22.8 Å². The summed E-state index contributed by atoms with van der Waals surface area (Å²) in [6.07, 6.45) is 5.03. The first-order chi connectivity index (χ1) is 14.9. The number of allylic oxidation sites excluding steroid dienone is 3. The van der Waals surface area contributed by atoms with Gasteiger partial charge in [0.2, 0.25) is 5.75 Å². The van der Waals surface area contributed by atoms with Crippen LogP contribution in [-0.2, 0) is 26.7 Å². The first-order valence-electron chi connectivity index (χ1n) is 9.87. The normalized spacial score (nSPS) is 21.7. The van der Waals surface area contributed by atoms with E-state index in [4.69, 9.17) is 4.74 Å². The van der Waals surface area contributed by atoms with Crippen molar-refractivity contribution in [2.24, 2.45) is 11.8 Å². The van der Waals surface area contributed by atoms with E-state index < -0.39 is 56.0 Å². The summed E-state index contributed by atoms with van der Waals surface area (Å²) in [5, 5.41) is 12.8. The highest BCUT2D eigenvalue weighted by Crippen LogP contribution is 2.27. The monoisotopic (exact) mass is 465 g/mol. The fourth-order valence-corrected chi connectivity index (χ4v) is 3.79. The van der Waals surface area contributed by atoms with Gasteiger partial charge in [-0.3, -0.25) is 14.2 Å². The van der Waals surface area contributed by atoms with Gasteiger partial charge in [0.1, 0.15) is 23.0 Å². The number of sulfone groups is 1. The lowest BCUT2D eigenvalue weighted by Crippen LogP contribution is -2.42. The predicted molar refractivity (Wildman–Crippen MR) is 114 cm³/mol. The lowest BCUT2D eigenvalue weighted by Gasteiger charge is -2.32. The summed E-state index contributed by atoms with van der Waals surface area (Å²) in [6.45, 7) is 3.88. The Hall–Kier alpha value is -2.97. The maximum Gasteiger partial charge on any atom is 0.296 e. The maximum atomic E-state index is 13.7. The molecule has 2 unspecified atom stereocenters. The van der Waals surface area contributed by atoms with E-state index in [1.807, 2.05) is 0 Å². The van der Waals surface area contributed by atoms with Gasteiger partial charge in [-0.25, -0.2) is 17.8 Å². The molecule has 0 spiro atoms. The van der Waals surface area contributed by atoms with Gasteiger partial charge < -0.3 is 15.2 Å². The first-order valence-corrected chi connectivity index (χ1v) is 11.9. The molecule has 0 aromatic carbocycles. The van der Waals surface area contributed by atoms with Gasteiger partial charge in [-0.15, -0.1) is 0 Å². The zero-order chi connectivity index (χ0) is 23.7. The quantitative estimate of drug-likeness (QED) is 0.625. The number of amides is 1. The lowest BCUT2D eigenvalue weighted by atomic mass is 9.88. The largest absolute Gasteiger partial charge is 0.501 e. The molecule has 172 valence electrons. The van der Waals surface area contributed by atoms with Gasteiger partial charge in [-0.05, 0) is 26.0 Å². The molecular formula is C21H24FN3O6S. The van der Waals surface area contributed by atoms with Crippen LogP contribution in [0.2, 0.25) is 0 Å². The van der Waals surface area contributed by atoms with Crippen LogP contribution in [0.3, 0.4) is 0 Å². The molecule has 11 heteroatoms. The van der Waals surface area contributed by atoms with E-state index in [9.17, 15) is 27.5 Å². The molecule has 1 aliphatic carbocycles. The molecule has 2 aliphatic rings. The zero-order valence-electron chi connectivity index (χ0n) is 17.9. The number of fused-ring (bicyclic) bond motifs is 1. The molecule has 2 heterocycles. The highest BCUT2D eigenvalue weighted by Gasteiger charge is 2.34. The van der Waals surface area contributed by atoms with Crippen LogP contribution in [-0.4, -0.2) is 54.1 Å². The number of nitrogens with one attached hydrogen (secondary N) is 1. The predicted octanol–water partition coefficient (Wildman–Crippen LogP) is 0.648. The number of halogens is 1. The van der Waals surface area contributed by atoms with Gasteiger partial charge >= 0.3 is 0 Å². The Balaban J connectivity index is 1.80. The highest BCUT2D eigenvalue weighted by atomic mass is 32.2. The molecule has 1 amide bonds. The molecule has 0 fully saturated rings. The van der Waals surface area contributed by atoms with Crippen LogP contribution in [0.5, 0.6) is 5.75 Å². The summed E-state index contributed by atoms with van der Waals surface area (Å²) in [5.41, 5.74) is -2.08. The number of ether oxygens (including phenoxy) is 1. The number of carbonyl (C=O) groups excluding carboxylic acids is 1. The summed E-state index contributed by atoms with van der Waals surface area (Å²) in [4.78, 5) is 29.4. The van der Waals surface area contributed by atoms with Crippen molar-refractivity contribution in [2.45, 2.75) is 26.0 Å². The van der Waals surface area contributed by atoms with Gasteiger partial charge in [-0.2, -0.15) is 0 Å². The van der Waals surface area contributed by atoms with Gasteiger partial charge in [0, 0.05) is 24.6 Å². The molecule has 0 bridgehead atoms. The number of aromatic nitrogens is 2. The number of nitrogens with zero attached hydrogens (tertiary/aromatic N) is 2. The smallest absolute Gasteiger partial charge is 0.296 e. The minimum Gasteiger partial charge on any atom is -0.501 e. The molecule has 1 aromatic rings. The summed E-state index contributed by atoms with van der Waals surface area (Å²) in [7, 11) is -3.30. The molecule has 32 heavy (non-hydrogen) atoms. The fourth-order valence-electron chi connectivity index (χ4n) is 3.44. The molecule has 2 atom stereocenters. The van der Waals surface area contributed by atoms with Crippen LogP contribution >= 0.6 is 0 Å². The van der Waals surface area contributed by atoms with E-state index in [-0.39, 0.29) is 31.3 Å². The summed E-state index contributed by atoms with van der Waals surface area (Å²) in [5.74, 6) is 1.91. The van der Waals surface area contributed by atoms with Crippen molar-refractivity contribution in [3.05, 3.63) is 45.9 Å². The Kier molecular flexibility index (Phi) is 6.57. The Labute approximate surface area is 184 Å². The summed E-state index contributed by atoms with van der Waals surface area (Å²) >= 11 is 0. The van der Waals surface area contributed by atoms with Crippen LogP contribution in [0.4, 0.5) is 4.39 Å². The zero-order valence-corrected chi connectivity index (χ0v) is 18.7. The SMILES string of the molecule is CC1(C)OCCn2c1nc(C(=O)NCC1C=CC(F)=CC1C#CCS(C)(=O)=O)c(O)c2=O. The highest BCUT2D eigenvalue weighted by molar-refractivity contribution is 7.90. The molecule has 1 aliphatic heterocycles. The minimum atomic E-state index is -3.30. The molecule has 9 nitrogen and oxygen atoms in total. The number of carbonyl (C=O) groups is 1. The second kappa shape index (κ2) is 8.88. The Morgan fingerprint density at radius 2 is 2.19 bits per heavy atom. The number of rotatable bonds is 4. The summed E-state index contributed by atoms with van der Waals surface area (Å²) in [6, 6.07) is 0. The van der Waals surface area contributed by atoms with E-state index in [0.29, 0.717) is 0 Å². The third-order valence-electron chi connectivity index (χ3n) is 5.08. The van der Waals surface area contributed by atoms with Crippen LogP contribution in [0, 0.1) is 23.7 Å². The molecule has 3 rings (SSSR count). The van der Waals surface area contributed by atoms with Gasteiger partial charge in [0.15, 0.2) is 15.5 Å². The lowest BCUT2D eigenvalue weighted by molar-refractivity contribution is -0.0566. The minimum absolute atomic E-state index is 0.00321. The number of hydrogen-bond donors (Lipinski definition) is 2. The van der Waals surface area contributed by atoms with Crippen molar-refractivity contribution in [1.29, 1.82) is 0 Å². The topological polar surface area (TPSA) is 128 Å². The second-order valence-corrected chi connectivity index (χ2v) is 10.3. The van der Waals surface area contributed by atoms with E-state index >= 15 is 0 Å². The van der Waals surface area contributed by atoms with Crippen molar-refractivity contribution in [3.63, 3.8) is 0 Å². The molecular weight excluding hydrogens is 441 g/mol.